The van der Waals surface area contributed by atoms with Crippen molar-refractivity contribution in [2.45, 2.75) is 31.8 Å². The van der Waals surface area contributed by atoms with Gasteiger partial charge in [0.15, 0.2) is 5.65 Å². The fourth-order valence-corrected chi connectivity index (χ4v) is 2.23. The van der Waals surface area contributed by atoms with Crippen LogP contribution in [0.2, 0.25) is 5.02 Å². The molecule has 1 aliphatic rings. The van der Waals surface area contributed by atoms with E-state index in [9.17, 15) is 0 Å². The predicted octanol–water partition coefficient (Wildman–Crippen LogP) is 2.63. The summed E-state index contributed by atoms with van der Waals surface area (Å²) >= 11 is 6.07. The highest BCUT2D eigenvalue weighted by Crippen LogP contribution is 2.20. The van der Waals surface area contributed by atoms with Gasteiger partial charge in [0.1, 0.15) is 0 Å². The molecular formula is C12H14ClN3. The molecule has 1 N–H and O–H groups in total. The molecule has 1 fully saturated rings. The van der Waals surface area contributed by atoms with E-state index in [1.807, 2.05) is 28.9 Å². The molecule has 2 heterocycles. The van der Waals surface area contributed by atoms with Gasteiger partial charge in [-0.3, -0.25) is 0 Å². The quantitative estimate of drug-likeness (QED) is 0.886. The van der Waals surface area contributed by atoms with Crippen LogP contribution >= 0.6 is 11.6 Å². The maximum absolute atomic E-state index is 6.07. The van der Waals surface area contributed by atoms with Gasteiger partial charge < -0.3 is 9.72 Å². The molecular weight excluding hydrogens is 222 g/mol. The van der Waals surface area contributed by atoms with Crippen LogP contribution in [0.5, 0.6) is 0 Å². The Bertz CT molecular complexity index is 502. The van der Waals surface area contributed by atoms with Crippen molar-refractivity contribution in [3.8, 4) is 0 Å². The third kappa shape index (κ3) is 1.70. The topological polar surface area (TPSA) is 29.3 Å². The Morgan fingerprint density at radius 1 is 1.50 bits per heavy atom. The standard InChI is InChI=1S/C12H14ClN3/c13-11-5-2-6-16-10(8-15-12(11)16)7-14-9-3-1-4-9/h2,5-6,8-9,14H,1,3-4,7H2. The monoisotopic (exact) mass is 235 g/mol. The van der Waals surface area contributed by atoms with Gasteiger partial charge in [0.05, 0.1) is 16.9 Å². The third-order valence-electron chi connectivity index (χ3n) is 3.24. The first kappa shape index (κ1) is 10.1. The van der Waals surface area contributed by atoms with Crippen molar-refractivity contribution < 1.29 is 0 Å². The minimum atomic E-state index is 0.699. The van der Waals surface area contributed by atoms with E-state index in [0.717, 1.165) is 12.2 Å². The summed E-state index contributed by atoms with van der Waals surface area (Å²) in [6.45, 7) is 0.867. The lowest BCUT2D eigenvalue weighted by Crippen LogP contribution is -2.34. The molecule has 0 radical (unpaired) electrons. The van der Waals surface area contributed by atoms with Crippen LogP contribution in [0.4, 0.5) is 0 Å². The summed E-state index contributed by atoms with van der Waals surface area (Å²) in [5, 5.41) is 4.24. The van der Waals surface area contributed by atoms with Crippen LogP contribution < -0.4 is 5.32 Å². The second-order valence-corrected chi connectivity index (χ2v) is 4.72. The van der Waals surface area contributed by atoms with Crippen molar-refractivity contribution in [2.75, 3.05) is 0 Å². The van der Waals surface area contributed by atoms with Gasteiger partial charge in [-0.1, -0.05) is 18.0 Å². The number of aromatic nitrogens is 2. The minimum Gasteiger partial charge on any atom is -0.308 e. The van der Waals surface area contributed by atoms with Gasteiger partial charge in [0, 0.05) is 18.8 Å². The summed E-state index contributed by atoms with van der Waals surface area (Å²) < 4.78 is 2.05. The van der Waals surface area contributed by atoms with Gasteiger partial charge in [0.25, 0.3) is 0 Å². The molecule has 0 spiro atoms. The van der Waals surface area contributed by atoms with E-state index < -0.39 is 0 Å². The van der Waals surface area contributed by atoms with Crippen LogP contribution in [0.3, 0.4) is 0 Å². The molecule has 1 aliphatic carbocycles. The average molecular weight is 236 g/mol. The summed E-state index contributed by atoms with van der Waals surface area (Å²) in [5.41, 5.74) is 2.01. The average Bonchev–Trinajstić information content (AvgIpc) is 2.61. The molecule has 0 amide bonds. The Balaban J connectivity index is 1.83. The van der Waals surface area contributed by atoms with E-state index in [2.05, 4.69) is 10.3 Å². The van der Waals surface area contributed by atoms with Crippen LogP contribution in [-0.4, -0.2) is 15.4 Å². The Hall–Kier alpha value is -1.06. The maximum Gasteiger partial charge on any atom is 0.155 e. The number of pyridine rings is 1. The lowest BCUT2D eigenvalue weighted by Gasteiger charge is -2.26. The minimum absolute atomic E-state index is 0.699. The molecule has 2 aromatic rings. The fourth-order valence-electron chi connectivity index (χ4n) is 2.02. The number of rotatable bonds is 3. The highest BCUT2D eigenvalue weighted by Gasteiger charge is 2.16. The molecule has 1 saturated carbocycles. The molecule has 3 nitrogen and oxygen atoms in total. The number of hydrogen-bond donors (Lipinski definition) is 1. The van der Waals surface area contributed by atoms with Crippen molar-refractivity contribution in [2.24, 2.45) is 0 Å². The zero-order chi connectivity index (χ0) is 11.0. The normalized spacial score (nSPS) is 16.6. The second-order valence-electron chi connectivity index (χ2n) is 4.31. The Labute approximate surface area is 99.4 Å². The summed E-state index contributed by atoms with van der Waals surface area (Å²) in [4.78, 5) is 4.33. The van der Waals surface area contributed by atoms with Gasteiger partial charge in [-0.05, 0) is 25.0 Å². The molecule has 2 aromatic heterocycles. The number of fused-ring (bicyclic) bond motifs is 1. The lowest BCUT2D eigenvalue weighted by atomic mass is 9.93. The second kappa shape index (κ2) is 4.07. The zero-order valence-corrected chi connectivity index (χ0v) is 9.74. The number of hydrogen-bond acceptors (Lipinski definition) is 2. The van der Waals surface area contributed by atoms with Crippen LogP contribution in [0, 0.1) is 0 Å². The molecule has 0 aliphatic heterocycles. The summed E-state index contributed by atoms with van der Waals surface area (Å²) in [6.07, 6.45) is 7.87. The number of halogens is 1. The molecule has 84 valence electrons. The van der Waals surface area contributed by atoms with Crippen molar-refractivity contribution >= 4 is 17.2 Å². The molecule has 0 unspecified atom stereocenters. The maximum atomic E-state index is 6.07. The van der Waals surface area contributed by atoms with Crippen molar-refractivity contribution in [3.05, 3.63) is 35.2 Å². The molecule has 16 heavy (non-hydrogen) atoms. The zero-order valence-electron chi connectivity index (χ0n) is 8.99. The highest BCUT2D eigenvalue weighted by molar-refractivity contribution is 6.33. The summed E-state index contributed by atoms with van der Waals surface area (Å²) in [6, 6.07) is 4.52. The first-order valence-electron chi connectivity index (χ1n) is 5.68. The molecule has 4 heteroatoms. The Morgan fingerprint density at radius 2 is 2.38 bits per heavy atom. The molecule has 0 aromatic carbocycles. The third-order valence-corrected chi connectivity index (χ3v) is 3.54. The van der Waals surface area contributed by atoms with Gasteiger partial charge in [-0.15, -0.1) is 0 Å². The van der Waals surface area contributed by atoms with Gasteiger partial charge >= 0.3 is 0 Å². The van der Waals surface area contributed by atoms with E-state index in [1.165, 1.54) is 25.0 Å². The number of imidazole rings is 1. The largest absolute Gasteiger partial charge is 0.308 e. The lowest BCUT2D eigenvalue weighted by molar-refractivity contribution is 0.336. The smallest absolute Gasteiger partial charge is 0.155 e. The van der Waals surface area contributed by atoms with E-state index >= 15 is 0 Å². The first-order valence-corrected chi connectivity index (χ1v) is 6.06. The Morgan fingerprint density at radius 3 is 3.12 bits per heavy atom. The van der Waals surface area contributed by atoms with E-state index in [-0.39, 0.29) is 0 Å². The van der Waals surface area contributed by atoms with Crippen molar-refractivity contribution in [3.63, 3.8) is 0 Å². The SMILES string of the molecule is Clc1cccn2c(CNC3CCC3)cnc12. The number of nitrogens with zero attached hydrogens (tertiary/aromatic N) is 2. The predicted molar refractivity (Wildman–Crippen MR) is 64.7 cm³/mol. The van der Waals surface area contributed by atoms with Crippen molar-refractivity contribution in [1.29, 1.82) is 0 Å². The highest BCUT2D eigenvalue weighted by atomic mass is 35.5. The molecule has 0 saturated heterocycles. The summed E-state index contributed by atoms with van der Waals surface area (Å²) in [7, 11) is 0. The summed E-state index contributed by atoms with van der Waals surface area (Å²) in [5.74, 6) is 0. The van der Waals surface area contributed by atoms with Crippen LogP contribution in [0.1, 0.15) is 25.0 Å². The van der Waals surface area contributed by atoms with Gasteiger partial charge in [-0.2, -0.15) is 0 Å². The van der Waals surface area contributed by atoms with Crippen LogP contribution in [-0.2, 0) is 6.54 Å². The van der Waals surface area contributed by atoms with E-state index in [4.69, 9.17) is 11.6 Å². The van der Waals surface area contributed by atoms with Gasteiger partial charge in [-0.25, -0.2) is 4.98 Å². The van der Waals surface area contributed by atoms with Crippen LogP contribution in [0.15, 0.2) is 24.5 Å². The van der Waals surface area contributed by atoms with Crippen LogP contribution in [0.25, 0.3) is 5.65 Å². The van der Waals surface area contributed by atoms with E-state index in [0.29, 0.717) is 11.1 Å². The molecule has 0 atom stereocenters. The number of nitrogens with one attached hydrogen (secondary N) is 1. The molecule has 0 bridgehead atoms. The fraction of sp³-hybridized carbons (Fsp3) is 0.417. The first-order chi connectivity index (χ1) is 7.84. The van der Waals surface area contributed by atoms with Crippen molar-refractivity contribution in [1.82, 2.24) is 14.7 Å². The Kier molecular flexibility index (Phi) is 2.58. The molecule has 3 rings (SSSR count). The van der Waals surface area contributed by atoms with E-state index in [1.54, 1.807) is 0 Å². The van der Waals surface area contributed by atoms with Gasteiger partial charge in [0.2, 0.25) is 0 Å².